The molecule has 2 N–H and O–H groups in total. The Hall–Kier alpha value is -2.18. The minimum atomic E-state index is -0.561. The van der Waals surface area contributed by atoms with E-state index in [0.717, 1.165) is 24.0 Å². The number of nitrogens with zero attached hydrogens (tertiary/aromatic N) is 1. The molecule has 6 heteroatoms. The third-order valence-corrected chi connectivity index (χ3v) is 4.88. The van der Waals surface area contributed by atoms with E-state index in [9.17, 15) is 9.59 Å². The highest BCUT2D eigenvalue weighted by Gasteiger charge is 2.30. The number of carbonyl (C=O) groups excluding carboxylic acids is 2. The average Bonchev–Trinajstić information content (AvgIpc) is 2.95. The van der Waals surface area contributed by atoms with Gasteiger partial charge in [-0.3, -0.25) is 14.5 Å². The molecule has 0 bridgehead atoms. The molecule has 0 saturated carbocycles. The van der Waals surface area contributed by atoms with Crippen LogP contribution in [0.3, 0.4) is 0 Å². The summed E-state index contributed by atoms with van der Waals surface area (Å²) in [6.45, 7) is 9.43. The fraction of sp³-hybridized carbons (Fsp3) is 0.474. The second kappa shape index (κ2) is 6.98. The molecular weight excluding hydrogens is 318 g/mol. The predicted molar refractivity (Wildman–Crippen MR) is 96.8 cm³/mol. The predicted octanol–water partition coefficient (Wildman–Crippen LogP) is 1.89. The highest BCUT2D eigenvalue weighted by molar-refractivity contribution is 6.45. The first kappa shape index (κ1) is 17.6. The Morgan fingerprint density at radius 2 is 1.92 bits per heavy atom. The number of amides is 1. The fourth-order valence-electron chi connectivity index (χ4n) is 3.34. The fourth-order valence-corrected chi connectivity index (χ4v) is 3.34. The van der Waals surface area contributed by atoms with Gasteiger partial charge in [-0.2, -0.15) is 0 Å². The number of morpholine rings is 1. The third-order valence-electron chi connectivity index (χ3n) is 4.88. The van der Waals surface area contributed by atoms with Crippen LogP contribution >= 0.6 is 0 Å². The zero-order chi connectivity index (χ0) is 18.0. The van der Waals surface area contributed by atoms with Gasteiger partial charge in [-0.25, -0.2) is 0 Å². The summed E-state index contributed by atoms with van der Waals surface area (Å²) in [6, 6.07) is 7.53. The third kappa shape index (κ3) is 3.60. The molecule has 1 aromatic heterocycles. The number of fused-ring (bicyclic) bond motifs is 1. The van der Waals surface area contributed by atoms with Crippen LogP contribution in [-0.2, 0) is 9.53 Å². The van der Waals surface area contributed by atoms with Crippen LogP contribution in [-0.4, -0.2) is 60.0 Å². The van der Waals surface area contributed by atoms with Crippen LogP contribution in [0.2, 0.25) is 0 Å². The van der Waals surface area contributed by atoms with Crippen LogP contribution in [0.5, 0.6) is 0 Å². The molecule has 134 valence electrons. The van der Waals surface area contributed by atoms with Gasteiger partial charge < -0.3 is 15.0 Å². The van der Waals surface area contributed by atoms with E-state index in [2.05, 4.69) is 29.0 Å². The standard InChI is InChI=1S/C19H25N3O3/c1-13-16(14-6-4-5-7-15(14)21-13)17(23)18(24)20-12-19(2,3)22-8-10-25-11-9-22/h4-7,21H,8-12H2,1-3H3,(H,20,24). The quantitative estimate of drug-likeness (QED) is 0.642. The van der Waals surface area contributed by atoms with Gasteiger partial charge in [0.2, 0.25) is 0 Å². The van der Waals surface area contributed by atoms with Crippen molar-refractivity contribution in [2.75, 3.05) is 32.8 Å². The van der Waals surface area contributed by atoms with E-state index in [1.165, 1.54) is 0 Å². The molecule has 6 nitrogen and oxygen atoms in total. The largest absolute Gasteiger partial charge is 0.379 e. The van der Waals surface area contributed by atoms with Gasteiger partial charge in [0.05, 0.1) is 18.8 Å². The lowest BCUT2D eigenvalue weighted by atomic mass is 10.0. The molecule has 0 spiro atoms. The maximum absolute atomic E-state index is 12.7. The monoisotopic (exact) mass is 343 g/mol. The van der Waals surface area contributed by atoms with Gasteiger partial charge in [0.1, 0.15) is 0 Å². The number of carbonyl (C=O) groups is 2. The Morgan fingerprint density at radius 3 is 2.64 bits per heavy atom. The Labute approximate surface area is 147 Å². The summed E-state index contributed by atoms with van der Waals surface area (Å²) < 4.78 is 5.38. The van der Waals surface area contributed by atoms with Crippen LogP contribution in [0.25, 0.3) is 10.9 Å². The number of hydrogen-bond acceptors (Lipinski definition) is 4. The molecule has 25 heavy (non-hydrogen) atoms. The summed E-state index contributed by atoms with van der Waals surface area (Å²) in [5, 5.41) is 3.60. The second-order valence-corrected chi connectivity index (χ2v) is 7.09. The van der Waals surface area contributed by atoms with Gasteiger partial charge in [0.15, 0.2) is 0 Å². The lowest BCUT2D eigenvalue weighted by Crippen LogP contribution is -2.55. The van der Waals surface area contributed by atoms with Crippen molar-refractivity contribution in [2.24, 2.45) is 0 Å². The Morgan fingerprint density at radius 1 is 1.24 bits per heavy atom. The van der Waals surface area contributed by atoms with Crippen LogP contribution in [0.1, 0.15) is 29.9 Å². The molecule has 1 fully saturated rings. The summed E-state index contributed by atoms with van der Waals surface area (Å²) in [5.74, 6) is -1.05. The first-order valence-corrected chi connectivity index (χ1v) is 8.63. The first-order valence-electron chi connectivity index (χ1n) is 8.63. The van der Waals surface area contributed by atoms with Crippen molar-refractivity contribution < 1.29 is 14.3 Å². The van der Waals surface area contributed by atoms with Crippen molar-refractivity contribution in [3.8, 4) is 0 Å². The van der Waals surface area contributed by atoms with Crippen LogP contribution < -0.4 is 5.32 Å². The van der Waals surface area contributed by atoms with E-state index in [1.54, 1.807) is 0 Å². The van der Waals surface area contributed by atoms with Crippen LogP contribution in [0.4, 0.5) is 0 Å². The lowest BCUT2D eigenvalue weighted by Gasteiger charge is -2.40. The molecule has 1 saturated heterocycles. The second-order valence-electron chi connectivity index (χ2n) is 7.09. The number of Topliss-reactive ketones (excluding diaryl/α,β-unsaturated/α-hetero) is 1. The number of benzene rings is 1. The van der Waals surface area contributed by atoms with E-state index in [4.69, 9.17) is 4.74 Å². The summed E-state index contributed by atoms with van der Waals surface area (Å²) in [6.07, 6.45) is 0. The molecular formula is C19H25N3O3. The number of para-hydroxylation sites is 1. The number of rotatable bonds is 5. The molecule has 2 heterocycles. The smallest absolute Gasteiger partial charge is 0.292 e. The van der Waals surface area contributed by atoms with Crippen molar-refractivity contribution in [1.82, 2.24) is 15.2 Å². The Kier molecular flexibility index (Phi) is 4.92. The number of nitrogens with one attached hydrogen (secondary N) is 2. The molecule has 0 atom stereocenters. The minimum absolute atomic E-state index is 0.227. The van der Waals surface area contributed by atoms with Crippen molar-refractivity contribution in [2.45, 2.75) is 26.3 Å². The highest BCUT2D eigenvalue weighted by atomic mass is 16.5. The summed E-state index contributed by atoms with van der Waals surface area (Å²) in [7, 11) is 0. The SMILES string of the molecule is Cc1[nH]c2ccccc2c1C(=O)C(=O)NCC(C)(C)N1CCOCC1. The number of aromatic amines is 1. The van der Waals surface area contributed by atoms with Gasteiger partial charge in [-0.05, 0) is 26.8 Å². The molecule has 1 aliphatic heterocycles. The van der Waals surface area contributed by atoms with Crippen molar-refractivity contribution in [3.63, 3.8) is 0 Å². The molecule has 2 aromatic rings. The number of aryl methyl sites for hydroxylation is 1. The molecule has 3 rings (SSSR count). The van der Waals surface area contributed by atoms with Crippen LogP contribution in [0, 0.1) is 6.92 Å². The van der Waals surface area contributed by atoms with Crippen LogP contribution in [0.15, 0.2) is 24.3 Å². The van der Waals surface area contributed by atoms with Crippen molar-refractivity contribution in [1.29, 1.82) is 0 Å². The number of ketones is 1. The minimum Gasteiger partial charge on any atom is -0.379 e. The maximum atomic E-state index is 12.7. The first-order chi connectivity index (χ1) is 11.9. The summed E-state index contributed by atoms with van der Waals surface area (Å²) >= 11 is 0. The van der Waals surface area contributed by atoms with E-state index in [-0.39, 0.29) is 5.54 Å². The number of ether oxygens (including phenoxy) is 1. The van der Waals surface area contributed by atoms with Gasteiger partial charge >= 0.3 is 0 Å². The zero-order valence-corrected chi connectivity index (χ0v) is 15.0. The molecule has 0 unspecified atom stereocenters. The van der Waals surface area contributed by atoms with Gasteiger partial charge in [-0.15, -0.1) is 0 Å². The normalized spacial score (nSPS) is 16.1. The molecule has 0 radical (unpaired) electrons. The highest BCUT2D eigenvalue weighted by Crippen LogP contribution is 2.22. The molecule has 1 aromatic carbocycles. The molecule has 1 aliphatic rings. The maximum Gasteiger partial charge on any atom is 0.292 e. The van der Waals surface area contributed by atoms with Crippen molar-refractivity contribution >= 4 is 22.6 Å². The number of H-pyrrole nitrogens is 1. The molecule has 1 amide bonds. The number of hydrogen-bond donors (Lipinski definition) is 2. The van der Waals surface area contributed by atoms with E-state index < -0.39 is 11.7 Å². The van der Waals surface area contributed by atoms with Gasteiger partial charge in [-0.1, -0.05) is 18.2 Å². The number of aromatic nitrogens is 1. The van der Waals surface area contributed by atoms with Gasteiger partial charge in [0.25, 0.3) is 11.7 Å². The van der Waals surface area contributed by atoms with Gasteiger partial charge in [0, 0.05) is 41.8 Å². The average molecular weight is 343 g/mol. The molecule has 0 aliphatic carbocycles. The Balaban J connectivity index is 1.70. The van der Waals surface area contributed by atoms with E-state index >= 15 is 0 Å². The lowest BCUT2D eigenvalue weighted by molar-refractivity contribution is -0.117. The Bertz CT molecular complexity index is 788. The van der Waals surface area contributed by atoms with E-state index in [0.29, 0.717) is 31.0 Å². The topological polar surface area (TPSA) is 74.4 Å². The summed E-state index contributed by atoms with van der Waals surface area (Å²) in [4.78, 5) is 30.6. The zero-order valence-electron chi connectivity index (χ0n) is 15.0. The van der Waals surface area contributed by atoms with E-state index in [1.807, 2.05) is 31.2 Å². The summed E-state index contributed by atoms with van der Waals surface area (Å²) in [5.41, 5.74) is 1.81. The van der Waals surface area contributed by atoms with Crippen molar-refractivity contribution in [3.05, 3.63) is 35.5 Å².